The third kappa shape index (κ3) is 4.51. The second-order valence-electron chi connectivity index (χ2n) is 9.04. The molecule has 0 N–H and O–H groups in total. The first kappa shape index (κ1) is 23.4. The topological polar surface area (TPSA) is 0 Å². The van der Waals surface area contributed by atoms with Crippen molar-refractivity contribution in [2.45, 2.75) is 79.1 Å². The summed E-state index contributed by atoms with van der Waals surface area (Å²) in [6.07, 6.45) is 9.78. The van der Waals surface area contributed by atoms with Crippen LogP contribution in [-0.4, -0.2) is 0 Å². The summed E-state index contributed by atoms with van der Waals surface area (Å²) in [4.78, 5) is 0. The molecule has 2 aromatic carbocycles. The predicted molar refractivity (Wildman–Crippen MR) is 150 cm³/mol. The van der Waals surface area contributed by atoms with Gasteiger partial charge in [0.15, 0.2) is 0 Å². The van der Waals surface area contributed by atoms with Crippen LogP contribution in [0.3, 0.4) is 0 Å². The number of hydrogen-bond donors (Lipinski definition) is 0. The maximum atomic E-state index is 2.56. The van der Waals surface area contributed by atoms with Crippen LogP contribution in [0.25, 0.3) is 32.5 Å². The van der Waals surface area contributed by atoms with Crippen LogP contribution in [-0.2, 0) is 25.7 Å². The van der Waals surface area contributed by atoms with Crippen molar-refractivity contribution < 1.29 is 0 Å². The lowest BCUT2D eigenvalue weighted by atomic mass is 9.90. The van der Waals surface area contributed by atoms with E-state index in [1.807, 2.05) is 0 Å². The third-order valence-electron chi connectivity index (χ3n) is 6.65. The van der Waals surface area contributed by atoms with E-state index in [9.17, 15) is 0 Å². The fourth-order valence-corrected chi connectivity index (χ4v) is 8.23. The Balaban J connectivity index is 2.01. The summed E-state index contributed by atoms with van der Waals surface area (Å²) < 4.78 is 0. The van der Waals surface area contributed by atoms with Crippen LogP contribution in [0.1, 0.15) is 75.6 Å². The van der Waals surface area contributed by atoms with Gasteiger partial charge in [-0.05, 0) is 75.9 Å². The van der Waals surface area contributed by atoms with E-state index in [2.05, 4.69) is 75.7 Å². The van der Waals surface area contributed by atoms with Gasteiger partial charge in [0, 0.05) is 16.2 Å². The highest BCUT2D eigenvalue weighted by atomic mass is 31.0. The van der Waals surface area contributed by atoms with Crippen molar-refractivity contribution in [1.29, 1.82) is 0 Å². The van der Waals surface area contributed by atoms with Gasteiger partial charge in [-0.15, -0.1) is 16.4 Å². The van der Waals surface area contributed by atoms with Crippen molar-refractivity contribution in [2.24, 2.45) is 0 Å². The standard InChI is InChI=1S/C30H38P2/c1-5-11-22-19-31-29(25(22)13-7-3)27-18-17-21-15-9-10-16-24(21)28(27)30-26(14-8-4)23(12-6-2)20-32-30/h9-10,15-20,31-32H,5-8,11-14H2,1-4H3. The Morgan fingerprint density at radius 2 is 1.16 bits per heavy atom. The smallest absolute Gasteiger partial charge is 0.00291 e. The van der Waals surface area contributed by atoms with E-state index < -0.39 is 0 Å². The van der Waals surface area contributed by atoms with Gasteiger partial charge in [0.05, 0.1) is 0 Å². The van der Waals surface area contributed by atoms with E-state index >= 15 is 0 Å². The summed E-state index contributed by atoms with van der Waals surface area (Å²) in [5, 5.41) is 6.10. The molecule has 4 aromatic rings. The number of aryl methyl sites for hydroxylation is 2. The van der Waals surface area contributed by atoms with Gasteiger partial charge in [0.1, 0.15) is 0 Å². The van der Waals surface area contributed by atoms with Gasteiger partial charge < -0.3 is 0 Å². The molecule has 32 heavy (non-hydrogen) atoms. The summed E-state index contributed by atoms with van der Waals surface area (Å²) in [7, 11) is 1.61. The van der Waals surface area contributed by atoms with E-state index in [0.29, 0.717) is 0 Å². The van der Waals surface area contributed by atoms with E-state index in [1.54, 1.807) is 38.4 Å². The Labute approximate surface area is 198 Å². The molecule has 0 saturated carbocycles. The first-order valence-electron chi connectivity index (χ1n) is 12.6. The van der Waals surface area contributed by atoms with Gasteiger partial charge in [-0.1, -0.05) is 89.8 Å². The van der Waals surface area contributed by atoms with Crippen LogP contribution in [0.4, 0.5) is 0 Å². The van der Waals surface area contributed by atoms with Crippen LogP contribution in [0.5, 0.6) is 0 Å². The maximum Gasteiger partial charge on any atom is 0.00291 e. The first-order valence-corrected chi connectivity index (χ1v) is 14.8. The molecule has 2 aromatic heterocycles. The van der Waals surface area contributed by atoms with Crippen LogP contribution < -0.4 is 0 Å². The second-order valence-corrected chi connectivity index (χ2v) is 11.2. The molecule has 0 amide bonds. The summed E-state index contributed by atoms with van der Waals surface area (Å²) >= 11 is 0. The molecule has 0 nitrogen and oxygen atoms in total. The van der Waals surface area contributed by atoms with Crippen molar-refractivity contribution in [3.05, 3.63) is 70.2 Å². The molecule has 168 valence electrons. The zero-order valence-corrected chi connectivity index (χ0v) is 22.3. The average molecular weight is 461 g/mol. The monoisotopic (exact) mass is 460 g/mol. The number of rotatable bonds is 10. The van der Waals surface area contributed by atoms with Crippen molar-refractivity contribution in [3.63, 3.8) is 0 Å². The molecule has 0 radical (unpaired) electrons. The highest BCUT2D eigenvalue weighted by Gasteiger charge is 2.20. The van der Waals surface area contributed by atoms with Crippen LogP contribution in [0.15, 0.2) is 48.0 Å². The highest BCUT2D eigenvalue weighted by Crippen LogP contribution is 2.49. The minimum atomic E-state index is 0.801. The molecule has 0 fully saturated rings. The van der Waals surface area contributed by atoms with Gasteiger partial charge in [-0.25, -0.2) is 0 Å². The lowest BCUT2D eigenvalue weighted by molar-refractivity contribution is 0.869. The summed E-state index contributed by atoms with van der Waals surface area (Å²) in [6, 6.07) is 13.9. The average Bonchev–Trinajstić information content (AvgIpc) is 3.38. The second kappa shape index (κ2) is 10.9. The fourth-order valence-electron chi connectivity index (χ4n) is 5.26. The largest absolute Gasteiger partial charge is 0.131 e. The minimum Gasteiger partial charge on any atom is -0.131 e. The zero-order valence-electron chi connectivity index (χ0n) is 20.3. The maximum absolute atomic E-state index is 2.56. The quantitative estimate of drug-likeness (QED) is 0.221. The Hall–Kier alpha value is -1.74. The highest BCUT2D eigenvalue weighted by molar-refractivity contribution is 7.34. The third-order valence-corrected chi connectivity index (χ3v) is 9.33. The molecule has 0 bridgehead atoms. The molecule has 2 heteroatoms. The number of benzene rings is 2. The Morgan fingerprint density at radius 1 is 0.594 bits per heavy atom. The molecule has 0 spiro atoms. The molecule has 4 rings (SSSR count). The first-order chi connectivity index (χ1) is 15.7. The molecule has 0 aliphatic rings. The summed E-state index contributed by atoms with van der Waals surface area (Å²) in [6.45, 7) is 9.30. The lowest BCUT2D eigenvalue weighted by Gasteiger charge is -2.17. The van der Waals surface area contributed by atoms with Crippen LogP contribution in [0.2, 0.25) is 0 Å². The van der Waals surface area contributed by atoms with Gasteiger partial charge in [-0.2, -0.15) is 0 Å². The van der Waals surface area contributed by atoms with E-state index in [4.69, 9.17) is 0 Å². The van der Waals surface area contributed by atoms with Crippen LogP contribution >= 0.6 is 16.4 Å². The van der Waals surface area contributed by atoms with Crippen molar-refractivity contribution in [1.82, 2.24) is 0 Å². The van der Waals surface area contributed by atoms with Gasteiger partial charge in [-0.3, -0.25) is 0 Å². The predicted octanol–water partition coefficient (Wildman–Crippen LogP) is 10.0. The zero-order chi connectivity index (χ0) is 22.5. The normalized spacial score (nSPS) is 12.0. The van der Waals surface area contributed by atoms with E-state index in [0.717, 1.165) is 16.4 Å². The van der Waals surface area contributed by atoms with Crippen LogP contribution in [0, 0.1) is 0 Å². The Kier molecular flexibility index (Phi) is 7.99. The molecule has 2 unspecified atom stereocenters. The van der Waals surface area contributed by atoms with Gasteiger partial charge in [0.2, 0.25) is 0 Å². The van der Waals surface area contributed by atoms with Crippen molar-refractivity contribution in [3.8, 4) is 21.7 Å². The number of fused-ring (bicyclic) bond motifs is 1. The minimum absolute atomic E-state index is 0.801. The van der Waals surface area contributed by atoms with Gasteiger partial charge >= 0.3 is 0 Å². The van der Waals surface area contributed by atoms with Crippen molar-refractivity contribution >= 4 is 27.2 Å². The summed E-state index contributed by atoms with van der Waals surface area (Å²) in [5.41, 5.74) is 9.65. The van der Waals surface area contributed by atoms with Crippen molar-refractivity contribution in [2.75, 3.05) is 0 Å². The Morgan fingerprint density at radius 3 is 1.78 bits per heavy atom. The molecule has 2 heterocycles. The lowest BCUT2D eigenvalue weighted by Crippen LogP contribution is -1.95. The number of hydrogen-bond acceptors (Lipinski definition) is 0. The summed E-state index contributed by atoms with van der Waals surface area (Å²) in [5.74, 6) is 5.12. The molecular formula is C30H38P2. The molecular weight excluding hydrogens is 422 g/mol. The molecule has 0 aliphatic heterocycles. The molecule has 0 saturated heterocycles. The van der Waals surface area contributed by atoms with Gasteiger partial charge in [0.25, 0.3) is 0 Å². The molecule has 2 atom stereocenters. The SMILES string of the molecule is CCCc1c[pH]c(-c2ccc3ccccc3c2-c2[pH]cc(CCC)c2CCC)c1CCC. The van der Waals surface area contributed by atoms with E-state index in [1.165, 1.54) is 67.7 Å². The Bertz CT molecular complexity index is 1170. The fraction of sp³-hybridized carbons (Fsp3) is 0.400. The molecule has 0 aliphatic carbocycles. The van der Waals surface area contributed by atoms with E-state index in [-0.39, 0.29) is 0 Å².